The van der Waals surface area contributed by atoms with Gasteiger partial charge in [-0.25, -0.2) is 0 Å². The Morgan fingerprint density at radius 1 is 1.14 bits per heavy atom. The summed E-state index contributed by atoms with van der Waals surface area (Å²) < 4.78 is 39.2. The van der Waals surface area contributed by atoms with Gasteiger partial charge in [0.15, 0.2) is 0 Å². The number of aromatic nitrogens is 1. The summed E-state index contributed by atoms with van der Waals surface area (Å²) in [5.74, 6) is 0. The second-order valence-corrected chi connectivity index (χ2v) is 5.46. The molecule has 1 aromatic carbocycles. The Kier molecular flexibility index (Phi) is 4.86. The summed E-state index contributed by atoms with van der Waals surface area (Å²) in [6.45, 7) is 0. The standard InChI is InChI=1S/C14H6Cl3F3N2/c15-10-5-7(6-11(16)12(10)17)13-8(1-3-21)9(2-4-22-13)14(18,19)20/h2,4-6H,1H2. The largest absolute Gasteiger partial charge is 0.416 e. The zero-order valence-electron chi connectivity index (χ0n) is 10.7. The van der Waals surface area contributed by atoms with Gasteiger partial charge < -0.3 is 0 Å². The van der Waals surface area contributed by atoms with Crippen LogP contribution in [-0.4, -0.2) is 4.98 Å². The van der Waals surface area contributed by atoms with Crippen LogP contribution in [-0.2, 0) is 12.6 Å². The first kappa shape index (κ1) is 16.9. The third-order valence-electron chi connectivity index (χ3n) is 2.87. The molecular weight excluding hydrogens is 360 g/mol. The van der Waals surface area contributed by atoms with Crippen LogP contribution < -0.4 is 0 Å². The lowest BCUT2D eigenvalue weighted by Gasteiger charge is -2.15. The second-order valence-electron chi connectivity index (χ2n) is 4.27. The van der Waals surface area contributed by atoms with E-state index in [0.717, 1.165) is 12.3 Å². The molecule has 1 aromatic heterocycles. The molecule has 0 bridgehead atoms. The Morgan fingerprint density at radius 2 is 1.73 bits per heavy atom. The first-order valence-electron chi connectivity index (χ1n) is 5.82. The molecule has 0 aliphatic heterocycles. The lowest BCUT2D eigenvalue weighted by Crippen LogP contribution is -2.11. The van der Waals surface area contributed by atoms with E-state index in [1.54, 1.807) is 6.07 Å². The summed E-state index contributed by atoms with van der Waals surface area (Å²) in [6, 6.07) is 5.26. The predicted octanol–water partition coefficient (Wildman–Crippen LogP) is 5.79. The molecule has 2 nitrogen and oxygen atoms in total. The molecular formula is C14H6Cl3F3N2. The average Bonchev–Trinajstić information content (AvgIpc) is 2.43. The molecule has 0 saturated carbocycles. The molecule has 0 N–H and O–H groups in total. The van der Waals surface area contributed by atoms with Gasteiger partial charge in [0.05, 0.1) is 38.8 Å². The van der Waals surface area contributed by atoms with E-state index in [9.17, 15) is 13.2 Å². The van der Waals surface area contributed by atoms with Crippen LogP contribution in [0.1, 0.15) is 11.1 Å². The van der Waals surface area contributed by atoms with Gasteiger partial charge in [-0.2, -0.15) is 18.4 Å². The Balaban J connectivity index is 2.73. The molecule has 0 amide bonds. The fraction of sp³-hybridized carbons (Fsp3) is 0.143. The summed E-state index contributed by atoms with van der Waals surface area (Å²) in [7, 11) is 0. The van der Waals surface area contributed by atoms with Crippen LogP contribution in [0.25, 0.3) is 11.3 Å². The quantitative estimate of drug-likeness (QED) is 0.631. The fourth-order valence-corrected chi connectivity index (χ4v) is 2.55. The highest BCUT2D eigenvalue weighted by molar-refractivity contribution is 6.48. The van der Waals surface area contributed by atoms with Crippen molar-refractivity contribution in [3.8, 4) is 17.3 Å². The number of halogens is 6. The van der Waals surface area contributed by atoms with E-state index in [4.69, 9.17) is 40.1 Å². The van der Waals surface area contributed by atoms with Crippen molar-refractivity contribution in [3.63, 3.8) is 0 Å². The zero-order chi connectivity index (χ0) is 16.5. The van der Waals surface area contributed by atoms with Gasteiger partial charge >= 0.3 is 6.18 Å². The molecule has 0 saturated heterocycles. The van der Waals surface area contributed by atoms with Gasteiger partial charge in [0, 0.05) is 17.3 Å². The van der Waals surface area contributed by atoms with E-state index in [0.29, 0.717) is 0 Å². The predicted molar refractivity (Wildman–Crippen MR) is 79.0 cm³/mol. The van der Waals surface area contributed by atoms with E-state index >= 15 is 0 Å². The van der Waals surface area contributed by atoms with Gasteiger partial charge in [-0.3, -0.25) is 4.98 Å². The van der Waals surface area contributed by atoms with Crippen molar-refractivity contribution in [2.45, 2.75) is 12.6 Å². The molecule has 22 heavy (non-hydrogen) atoms. The van der Waals surface area contributed by atoms with Crippen LogP contribution >= 0.6 is 34.8 Å². The van der Waals surface area contributed by atoms with Crippen LogP contribution in [0.3, 0.4) is 0 Å². The van der Waals surface area contributed by atoms with Gasteiger partial charge in [-0.05, 0) is 18.2 Å². The van der Waals surface area contributed by atoms with Gasteiger partial charge in [-0.15, -0.1) is 0 Å². The lowest BCUT2D eigenvalue weighted by molar-refractivity contribution is -0.138. The fourth-order valence-electron chi connectivity index (χ4n) is 1.96. The zero-order valence-corrected chi connectivity index (χ0v) is 12.9. The van der Waals surface area contributed by atoms with Crippen LogP contribution in [0.2, 0.25) is 15.1 Å². The van der Waals surface area contributed by atoms with Crippen LogP contribution in [0.5, 0.6) is 0 Å². The molecule has 0 radical (unpaired) electrons. The van der Waals surface area contributed by atoms with Crippen molar-refractivity contribution >= 4 is 34.8 Å². The average molecular weight is 366 g/mol. The van der Waals surface area contributed by atoms with Gasteiger partial charge in [0.1, 0.15) is 0 Å². The molecule has 0 aliphatic rings. The third kappa shape index (κ3) is 3.30. The van der Waals surface area contributed by atoms with Crippen molar-refractivity contribution in [2.75, 3.05) is 0 Å². The van der Waals surface area contributed by atoms with Crippen LogP contribution in [0.15, 0.2) is 24.4 Å². The molecule has 2 rings (SSSR count). The minimum Gasteiger partial charge on any atom is -0.256 e. The van der Waals surface area contributed by atoms with Crippen molar-refractivity contribution in [1.29, 1.82) is 5.26 Å². The number of benzene rings is 1. The number of nitrogens with zero attached hydrogens (tertiary/aromatic N) is 2. The number of nitriles is 1. The topological polar surface area (TPSA) is 36.7 Å². The normalized spacial score (nSPS) is 11.3. The lowest BCUT2D eigenvalue weighted by atomic mass is 9.98. The number of hydrogen-bond acceptors (Lipinski definition) is 2. The highest BCUT2D eigenvalue weighted by Crippen LogP contribution is 2.39. The van der Waals surface area contributed by atoms with Crippen LogP contribution in [0, 0.1) is 11.3 Å². The second kappa shape index (κ2) is 6.33. The molecule has 0 fully saturated rings. The summed E-state index contributed by atoms with van der Waals surface area (Å²) in [5.41, 5.74) is -0.888. The minimum absolute atomic E-state index is 0.00292. The Bertz CT molecular complexity index is 744. The van der Waals surface area contributed by atoms with E-state index in [1.807, 2.05) is 0 Å². The smallest absolute Gasteiger partial charge is 0.256 e. The Hall–Kier alpha value is -1.48. The van der Waals surface area contributed by atoms with Crippen molar-refractivity contribution in [3.05, 3.63) is 50.6 Å². The Morgan fingerprint density at radius 3 is 2.23 bits per heavy atom. The van der Waals surface area contributed by atoms with E-state index < -0.39 is 18.2 Å². The van der Waals surface area contributed by atoms with E-state index in [1.165, 1.54) is 12.1 Å². The van der Waals surface area contributed by atoms with Crippen molar-refractivity contribution in [2.24, 2.45) is 0 Å². The molecule has 2 aromatic rings. The van der Waals surface area contributed by atoms with Gasteiger partial charge in [0.25, 0.3) is 0 Å². The Labute approximate surface area is 139 Å². The highest BCUT2D eigenvalue weighted by Gasteiger charge is 2.34. The molecule has 0 atom stereocenters. The van der Waals surface area contributed by atoms with Crippen molar-refractivity contribution in [1.82, 2.24) is 4.98 Å². The molecule has 0 aliphatic carbocycles. The van der Waals surface area contributed by atoms with Gasteiger partial charge in [0.2, 0.25) is 0 Å². The highest BCUT2D eigenvalue weighted by atomic mass is 35.5. The molecule has 8 heteroatoms. The summed E-state index contributed by atoms with van der Waals surface area (Å²) in [6.07, 6.45) is -4.02. The van der Waals surface area contributed by atoms with Crippen LogP contribution in [0.4, 0.5) is 13.2 Å². The number of alkyl halides is 3. The summed E-state index contributed by atoms with van der Waals surface area (Å²) in [4.78, 5) is 3.94. The summed E-state index contributed by atoms with van der Waals surface area (Å²) >= 11 is 17.6. The monoisotopic (exact) mass is 364 g/mol. The first-order valence-corrected chi connectivity index (χ1v) is 6.96. The van der Waals surface area contributed by atoms with E-state index in [2.05, 4.69) is 4.98 Å². The molecule has 114 valence electrons. The molecule has 0 spiro atoms. The van der Waals surface area contributed by atoms with E-state index in [-0.39, 0.29) is 31.9 Å². The maximum absolute atomic E-state index is 13.1. The minimum atomic E-state index is -4.59. The SMILES string of the molecule is N#CCc1c(C(F)(F)F)ccnc1-c1cc(Cl)c(Cl)c(Cl)c1. The number of hydrogen-bond donors (Lipinski definition) is 0. The maximum atomic E-state index is 13.1. The third-order valence-corrected chi connectivity index (χ3v) is 4.07. The maximum Gasteiger partial charge on any atom is 0.416 e. The van der Waals surface area contributed by atoms with Crippen molar-refractivity contribution < 1.29 is 13.2 Å². The van der Waals surface area contributed by atoms with Gasteiger partial charge in [-0.1, -0.05) is 34.8 Å². The molecule has 1 heterocycles. The number of rotatable bonds is 2. The summed E-state index contributed by atoms with van der Waals surface area (Å²) in [5, 5.41) is 9.09. The first-order chi connectivity index (χ1) is 10.3. The molecule has 0 unspecified atom stereocenters. The number of pyridine rings is 1.